The molecule has 0 atom stereocenters. The first kappa shape index (κ1) is 20.6. The molecule has 0 aliphatic rings. The van der Waals surface area contributed by atoms with E-state index < -0.39 is 0 Å². The Labute approximate surface area is 189 Å². The number of fused-ring (bicyclic) bond motifs is 1. The molecule has 0 saturated heterocycles. The Balaban J connectivity index is 1.44. The zero-order valence-corrected chi connectivity index (χ0v) is 18.3. The molecule has 3 aromatic heterocycles. The molecule has 0 aliphatic carbocycles. The van der Waals surface area contributed by atoms with Crippen molar-refractivity contribution in [2.45, 2.75) is 26.8 Å². The van der Waals surface area contributed by atoms with Gasteiger partial charge in [0.1, 0.15) is 24.0 Å². The Kier molecular flexibility index (Phi) is 5.43. The van der Waals surface area contributed by atoms with Crippen LogP contribution in [0.4, 0.5) is 0 Å². The van der Waals surface area contributed by atoms with Crippen molar-refractivity contribution in [1.82, 2.24) is 29.5 Å². The number of aromatic nitrogens is 6. The molecular weight excluding hydrogens is 420 g/mol. The lowest BCUT2D eigenvalue weighted by Crippen LogP contribution is -2.21. The summed E-state index contributed by atoms with van der Waals surface area (Å²) in [5.74, 6) is 1.37. The fourth-order valence-electron chi connectivity index (χ4n) is 3.63. The molecular formula is C24H22N6O3. The van der Waals surface area contributed by atoms with Crippen molar-refractivity contribution < 1.29 is 9.26 Å². The number of para-hydroxylation sites is 1. The van der Waals surface area contributed by atoms with Crippen molar-refractivity contribution in [2.24, 2.45) is 0 Å². The zero-order valence-electron chi connectivity index (χ0n) is 18.3. The van der Waals surface area contributed by atoms with E-state index in [4.69, 9.17) is 9.26 Å². The molecule has 166 valence electrons. The predicted molar refractivity (Wildman–Crippen MR) is 123 cm³/mol. The lowest BCUT2D eigenvalue weighted by molar-refractivity contribution is 0.340. The summed E-state index contributed by atoms with van der Waals surface area (Å²) < 4.78 is 14.1. The molecule has 0 N–H and O–H groups in total. The average Bonchev–Trinajstić information content (AvgIpc) is 3.49. The molecule has 0 amide bonds. The normalized spacial score (nSPS) is 11.2. The Hall–Kier alpha value is -4.27. The standard InChI is InChI=1S/C24H22N6O3/c1-3-16-9-11-17(12-10-16)30-23-19(13-26-30)24(31)29(15-25-23)14-21-27-22(28-33-21)18-7-5-6-8-20(18)32-4-2/h5-13,15H,3-4,14H2,1-2H3. The summed E-state index contributed by atoms with van der Waals surface area (Å²) in [4.78, 5) is 22.0. The van der Waals surface area contributed by atoms with Crippen LogP contribution < -0.4 is 10.3 Å². The molecule has 0 spiro atoms. The zero-order chi connectivity index (χ0) is 22.8. The van der Waals surface area contributed by atoms with Gasteiger partial charge in [0.05, 0.1) is 24.1 Å². The van der Waals surface area contributed by atoms with Crippen molar-refractivity contribution >= 4 is 11.0 Å². The summed E-state index contributed by atoms with van der Waals surface area (Å²) in [6.07, 6.45) is 3.96. The molecule has 0 bridgehead atoms. The summed E-state index contributed by atoms with van der Waals surface area (Å²) in [5.41, 5.74) is 3.07. The summed E-state index contributed by atoms with van der Waals surface area (Å²) >= 11 is 0. The maximum Gasteiger partial charge on any atom is 0.264 e. The molecule has 9 nitrogen and oxygen atoms in total. The van der Waals surface area contributed by atoms with E-state index in [0.29, 0.717) is 35.1 Å². The van der Waals surface area contributed by atoms with Gasteiger partial charge >= 0.3 is 0 Å². The Morgan fingerprint density at radius 2 is 1.88 bits per heavy atom. The van der Waals surface area contributed by atoms with Gasteiger partial charge < -0.3 is 9.26 Å². The van der Waals surface area contributed by atoms with Gasteiger partial charge in [0.2, 0.25) is 11.7 Å². The van der Waals surface area contributed by atoms with E-state index in [9.17, 15) is 4.79 Å². The minimum absolute atomic E-state index is 0.0992. The van der Waals surface area contributed by atoms with E-state index in [1.54, 1.807) is 4.68 Å². The number of benzene rings is 2. The number of aryl methyl sites for hydroxylation is 1. The minimum atomic E-state index is -0.231. The quantitative estimate of drug-likeness (QED) is 0.379. The monoisotopic (exact) mass is 442 g/mol. The predicted octanol–water partition coefficient (Wildman–Crippen LogP) is 3.64. The lowest BCUT2D eigenvalue weighted by atomic mass is 10.1. The van der Waals surface area contributed by atoms with Crippen molar-refractivity contribution in [1.29, 1.82) is 0 Å². The summed E-state index contributed by atoms with van der Waals surface area (Å²) in [6.45, 7) is 4.64. The highest BCUT2D eigenvalue weighted by Crippen LogP contribution is 2.27. The highest BCUT2D eigenvalue weighted by Gasteiger charge is 2.16. The van der Waals surface area contributed by atoms with Crippen LogP contribution in [0.1, 0.15) is 25.3 Å². The van der Waals surface area contributed by atoms with Gasteiger partial charge in [-0.3, -0.25) is 9.36 Å². The SMILES string of the molecule is CCOc1ccccc1-c1noc(Cn2cnc3c(cnn3-c3ccc(CC)cc3)c2=O)n1. The van der Waals surface area contributed by atoms with Gasteiger partial charge in [-0.2, -0.15) is 10.1 Å². The molecule has 0 saturated carbocycles. The van der Waals surface area contributed by atoms with Crippen LogP contribution in [0.15, 0.2) is 70.4 Å². The van der Waals surface area contributed by atoms with Gasteiger partial charge in [0.15, 0.2) is 5.65 Å². The second-order valence-corrected chi connectivity index (χ2v) is 7.43. The molecule has 5 aromatic rings. The van der Waals surface area contributed by atoms with Crippen LogP contribution in [0.3, 0.4) is 0 Å². The van der Waals surface area contributed by atoms with Crippen LogP contribution in [0, 0.1) is 0 Å². The first-order valence-corrected chi connectivity index (χ1v) is 10.7. The number of rotatable bonds is 7. The number of hydrogen-bond acceptors (Lipinski definition) is 7. The van der Waals surface area contributed by atoms with Crippen molar-refractivity contribution in [3.8, 4) is 22.8 Å². The summed E-state index contributed by atoms with van der Waals surface area (Å²) in [5, 5.41) is 8.85. The van der Waals surface area contributed by atoms with E-state index in [1.165, 1.54) is 22.7 Å². The van der Waals surface area contributed by atoms with Crippen LogP contribution in [-0.2, 0) is 13.0 Å². The molecule has 2 aromatic carbocycles. The first-order valence-electron chi connectivity index (χ1n) is 10.7. The molecule has 3 heterocycles. The summed E-state index contributed by atoms with van der Waals surface area (Å²) in [6, 6.07) is 15.5. The van der Waals surface area contributed by atoms with E-state index in [2.05, 4.69) is 27.1 Å². The summed E-state index contributed by atoms with van der Waals surface area (Å²) in [7, 11) is 0. The second-order valence-electron chi connectivity index (χ2n) is 7.43. The van der Waals surface area contributed by atoms with Gasteiger partial charge in [0.25, 0.3) is 5.56 Å². The third-order valence-electron chi connectivity index (χ3n) is 5.35. The fraction of sp³-hybridized carbons (Fsp3) is 0.208. The smallest absolute Gasteiger partial charge is 0.264 e. The van der Waals surface area contributed by atoms with Gasteiger partial charge in [-0.1, -0.05) is 36.3 Å². The van der Waals surface area contributed by atoms with E-state index in [0.717, 1.165) is 17.7 Å². The first-order chi connectivity index (χ1) is 16.2. The molecule has 0 radical (unpaired) electrons. The minimum Gasteiger partial charge on any atom is -0.493 e. The number of nitrogens with zero attached hydrogens (tertiary/aromatic N) is 6. The second kappa shape index (κ2) is 8.70. The van der Waals surface area contributed by atoms with E-state index in [-0.39, 0.29) is 12.1 Å². The van der Waals surface area contributed by atoms with Gasteiger partial charge in [-0.05, 0) is 43.2 Å². The molecule has 33 heavy (non-hydrogen) atoms. The van der Waals surface area contributed by atoms with E-state index >= 15 is 0 Å². The molecule has 5 rings (SSSR count). The number of ether oxygens (including phenoxy) is 1. The van der Waals surface area contributed by atoms with Crippen LogP contribution in [0.2, 0.25) is 0 Å². The third kappa shape index (κ3) is 3.89. The van der Waals surface area contributed by atoms with Crippen LogP contribution in [0.25, 0.3) is 28.1 Å². The topological polar surface area (TPSA) is 101 Å². The Bertz CT molecular complexity index is 1470. The largest absolute Gasteiger partial charge is 0.493 e. The molecule has 0 fully saturated rings. The van der Waals surface area contributed by atoms with Crippen LogP contribution in [0.5, 0.6) is 5.75 Å². The van der Waals surface area contributed by atoms with Crippen molar-refractivity contribution in [3.63, 3.8) is 0 Å². The number of hydrogen-bond donors (Lipinski definition) is 0. The average molecular weight is 442 g/mol. The van der Waals surface area contributed by atoms with Crippen molar-refractivity contribution in [2.75, 3.05) is 6.61 Å². The van der Waals surface area contributed by atoms with Crippen LogP contribution >= 0.6 is 0 Å². The van der Waals surface area contributed by atoms with Crippen LogP contribution in [-0.4, -0.2) is 36.1 Å². The highest BCUT2D eigenvalue weighted by atomic mass is 16.5. The van der Waals surface area contributed by atoms with Gasteiger partial charge in [-0.15, -0.1) is 0 Å². The highest BCUT2D eigenvalue weighted by molar-refractivity contribution is 5.75. The van der Waals surface area contributed by atoms with E-state index in [1.807, 2.05) is 55.5 Å². The molecule has 9 heteroatoms. The fourth-order valence-corrected chi connectivity index (χ4v) is 3.63. The molecule has 0 aliphatic heterocycles. The Morgan fingerprint density at radius 3 is 2.67 bits per heavy atom. The van der Waals surface area contributed by atoms with Crippen molar-refractivity contribution in [3.05, 3.63) is 82.9 Å². The molecule has 0 unspecified atom stereocenters. The maximum absolute atomic E-state index is 13.1. The Morgan fingerprint density at radius 1 is 1.06 bits per heavy atom. The van der Waals surface area contributed by atoms with Gasteiger partial charge in [-0.25, -0.2) is 9.67 Å². The third-order valence-corrected chi connectivity index (χ3v) is 5.35. The maximum atomic E-state index is 13.1. The lowest BCUT2D eigenvalue weighted by Gasteiger charge is -2.06. The van der Waals surface area contributed by atoms with Gasteiger partial charge in [0, 0.05) is 0 Å².